The van der Waals surface area contributed by atoms with Crippen molar-refractivity contribution < 1.29 is 19.1 Å². The van der Waals surface area contributed by atoms with Gasteiger partial charge in [-0.25, -0.2) is 4.79 Å². The molecule has 1 amide bonds. The van der Waals surface area contributed by atoms with E-state index in [1.54, 1.807) is 18.9 Å². The Balaban J connectivity index is 2.34. The maximum atomic E-state index is 12.3. The average Bonchev–Trinajstić information content (AvgIpc) is 2.99. The Kier molecular flexibility index (Phi) is 5.38. The summed E-state index contributed by atoms with van der Waals surface area (Å²) in [6.07, 6.45) is 1.24. The number of likely N-dealkylation sites (tertiary alicyclic amines) is 1. The van der Waals surface area contributed by atoms with Gasteiger partial charge < -0.3 is 20.1 Å². The zero-order valence-electron chi connectivity index (χ0n) is 13.0. The molecule has 0 aliphatic carbocycles. The van der Waals surface area contributed by atoms with Crippen molar-refractivity contribution in [3.05, 3.63) is 29.8 Å². The van der Waals surface area contributed by atoms with Crippen LogP contribution < -0.4 is 10.5 Å². The molecule has 120 valence electrons. The zero-order chi connectivity index (χ0) is 16.1. The standard InChI is InChI=1S/C16H22N2O4/c1-3-22-16(20)13-9-8-12(18(13)15(19)10-17)11-6-4-5-7-14(11)21-2/h4-7,12-13H,3,8-10,17H2,1-2H3/t12-,13+/m1/s1. The van der Waals surface area contributed by atoms with E-state index in [0.29, 0.717) is 25.2 Å². The molecular formula is C16H22N2O4. The summed E-state index contributed by atoms with van der Waals surface area (Å²) in [5.41, 5.74) is 6.41. The second-order valence-electron chi connectivity index (χ2n) is 5.11. The maximum Gasteiger partial charge on any atom is 0.328 e. The molecule has 6 heteroatoms. The Morgan fingerprint density at radius 2 is 2.05 bits per heavy atom. The Morgan fingerprint density at radius 1 is 1.32 bits per heavy atom. The molecule has 1 fully saturated rings. The molecule has 0 unspecified atom stereocenters. The van der Waals surface area contributed by atoms with Crippen molar-refractivity contribution in [1.29, 1.82) is 0 Å². The number of methoxy groups -OCH3 is 1. The van der Waals surface area contributed by atoms with Gasteiger partial charge in [-0.2, -0.15) is 0 Å². The summed E-state index contributed by atoms with van der Waals surface area (Å²) in [5, 5.41) is 0. The molecule has 1 aliphatic rings. The number of rotatable bonds is 5. The van der Waals surface area contributed by atoms with E-state index in [2.05, 4.69) is 0 Å². The van der Waals surface area contributed by atoms with Crippen molar-refractivity contribution in [3.8, 4) is 5.75 Å². The van der Waals surface area contributed by atoms with E-state index < -0.39 is 6.04 Å². The zero-order valence-corrected chi connectivity index (χ0v) is 13.0. The average molecular weight is 306 g/mol. The van der Waals surface area contributed by atoms with E-state index in [9.17, 15) is 9.59 Å². The van der Waals surface area contributed by atoms with Crippen LogP contribution in [0.25, 0.3) is 0 Å². The Labute approximate surface area is 130 Å². The van der Waals surface area contributed by atoms with Crippen LogP contribution in [0.4, 0.5) is 0 Å². The predicted molar refractivity (Wildman–Crippen MR) is 81.3 cm³/mol. The number of amides is 1. The lowest BCUT2D eigenvalue weighted by Gasteiger charge is -2.29. The molecule has 1 heterocycles. The van der Waals surface area contributed by atoms with Gasteiger partial charge in [0.25, 0.3) is 0 Å². The first-order chi connectivity index (χ1) is 10.6. The van der Waals surface area contributed by atoms with Crippen LogP contribution in [0.5, 0.6) is 5.75 Å². The number of carbonyl (C=O) groups is 2. The molecule has 1 aliphatic heterocycles. The van der Waals surface area contributed by atoms with Gasteiger partial charge in [-0.3, -0.25) is 4.79 Å². The van der Waals surface area contributed by atoms with Crippen LogP contribution in [0.1, 0.15) is 31.4 Å². The summed E-state index contributed by atoms with van der Waals surface area (Å²) in [4.78, 5) is 25.9. The monoisotopic (exact) mass is 306 g/mol. The third-order valence-corrected chi connectivity index (χ3v) is 3.90. The van der Waals surface area contributed by atoms with Gasteiger partial charge in [-0.1, -0.05) is 18.2 Å². The lowest BCUT2D eigenvalue weighted by Crippen LogP contribution is -2.45. The van der Waals surface area contributed by atoms with E-state index in [1.165, 1.54) is 0 Å². The van der Waals surface area contributed by atoms with Gasteiger partial charge in [-0.05, 0) is 25.8 Å². The molecule has 0 aromatic heterocycles. The summed E-state index contributed by atoms with van der Waals surface area (Å²) in [6, 6.07) is 6.72. The van der Waals surface area contributed by atoms with Gasteiger partial charge in [0.1, 0.15) is 11.8 Å². The molecule has 0 radical (unpaired) electrons. The van der Waals surface area contributed by atoms with Crippen LogP contribution in [-0.2, 0) is 14.3 Å². The number of nitrogens with two attached hydrogens (primary N) is 1. The van der Waals surface area contributed by atoms with Gasteiger partial charge in [0.15, 0.2) is 0 Å². The highest BCUT2D eigenvalue weighted by Crippen LogP contribution is 2.40. The Morgan fingerprint density at radius 3 is 2.68 bits per heavy atom. The van der Waals surface area contributed by atoms with Crippen LogP contribution >= 0.6 is 0 Å². The molecule has 0 spiro atoms. The fraction of sp³-hybridized carbons (Fsp3) is 0.500. The molecule has 0 bridgehead atoms. The summed E-state index contributed by atoms with van der Waals surface area (Å²) >= 11 is 0. The Hall–Kier alpha value is -2.08. The summed E-state index contributed by atoms with van der Waals surface area (Å²) in [6.45, 7) is 1.90. The maximum absolute atomic E-state index is 12.3. The molecule has 2 N–H and O–H groups in total. The van der Waals surface area contributed by atoms with Gasteiger partial charge >= 0.3 is 5.97 Å². The lowest BCUT2D eigenvalue weighted by atomic mass is 10.0. The second-order valence-corrected chi connectivity index (χ2v) is 5.11. The first-order valence-corrected chi connectivity index (χ1v) is 7.44. The quantitative estimate of drug-likeness (QED) is 0.828. The molecule has 1 aromatic carbocycles. The third kappa shape index (κ3) is 3.06. The van der Waals surface area contributed by atoms with Crippen molar-refractivity contribution in [2.24, 2.45) is 5.73 Å². The molecular weight excluding hydrogens is 284 g/mol. The molecule has 1 aromatic rings. The topological polar surface area (TPSA) is 81.9 Å². The minimum absolute atomic E-state index is 0.137. The van der Waals surface area contributed by atoms with Crippen LogP contribution in [0.15, 0.2) is 24.3 Å². The third-order valence-electron chi connectivity index (χ3n) is 3.90. The van der Waals surface area contributed by atoms with Crippen LogP contribution in [0, 0.1) is 0 Å². The normalized spacial score (nSPS) is 20.8. The molecule has 1 saturated heterocycles. The van der Waals surface area contributed by atoms with Gasteiger partial charge in [0.05, 0.1) is 26.3 Å². The van der Waals surface area contributed by atoms with E-state index in [0.717, 1.165) is 5.56 Å². The second kappa shape index (κ2) is 7.26. The number of hydrogen-bond acceptors (Lipinski definition) is 5. The van der Waals surface area contributed by atoms with E-state index in [4.69, 9.17) is 15.2 Å². The largest absolute Gasteiger partial charge is 0.496 e. The van der Waals surface area contributed by atoms with Crippen LogP contribution in [0.3, 0.4) is 0 Å². The molecule has 6 nitrogen and oxygen atoms in total. The van der Waals surface area contributed by atoms with E-state index >= 15 is 0 Å². The smallest absolute Gasteiger partial charge is 0.328 e. The summed E-state index contributed by atoms with van der Waals surface area (Å²) in [7, 11) is 1.59. The number of benzene rings is 1. The first kappa shape index (κ1) is 16.3. The first-order valence-electron chi connectivity index (χ1n) is 7.44. The Bertz CT molecular complexity index is 547. The minimum atomic E-state index is -0.578. The number of hydrogen-bond donors (Lipinski definition) is 1. The van der Waals surface area contributed by atoms with E-state index in [1.807, 2.05) is 24.3 Å². The molecule has 2 atom stereocenters. The van der Waals surface area contributed by atoms with Crippen LogP contribution in [-0.4, -0.2) is 43.1 Å². The number of nitrogens with zero attached hydrogens (tertiary/aromatic N) is 1. The predicted octanol–water partition coefficient (Wildman–Crippen LogP) is 1.25. The lowest BCUT2D eigenvalue weighted by molar-refractivity contribution is -0.153. The number of para-hydroxylation sites is 1. The van der Waals surface area contributed by atoms with Gasteiger partial charge in [0, 0.05) is 5.56 Å². The van der Waals surface area contributed by atoms with Crippen molar-refractivity contribution >= 4 is 11.9 Å². The van der Waals surface area contributed by atoms with Crippen molar-refractivity contribution in [2.45, 2.75) is 31.8 Å². The van der Waals surface area contributed by atoms with Gasteiger partial charge in [-0.15, -0.1) is 0 Å². The van der Waals surface area contributed by atoms with Crippen LogP contribution in [0.2, 0.25) is 0 Å². The summed E-state index contributed by atoms with van der Waals surface area (Å²) in [5.74, 6) is 0.0694. The minimum Gasteiger partial charge on any atom is -0.496 e. The SMILES string of the molecule is CCOC(=O)[C@@H]1CC[C@H](c2ccccc2OC)N1C(=O)CN. The molecule has 0 saturated carbocycles. The number of esters is 1. The number of ether oxygens (including phenoxy) is 2. The number of carbonyl (C=O) groups excluding carboxylic acids is 2. The molecule has 2 rings (SSSR count). The van der Waals surface area contributed by atoms with Crippen molar-refractivity contribution in [1.82, 2.24) is 4.90 Å². The highest BCUT2D eigenvalue weighted by atomic mass is 16.5. The summed E-state index contributed by atoms with van der Waals surface area (Å²) < 4.78 is 10.5. The van der Waals surface area contributed by atoms with Crippen molar-refractivity contribution in [3.63, 3.8) is 0 Å². The van der Waals surface area contributed by atoms with Crippen molar-refractivity contribution in [2.75, 3.05) is 20.3 Å². The fourth-order valence-corrected chi connectivity index (χ4v) is 2.98. The highest BCUT2D eigenvalue weighted by molar-refractivity contribution is 5.86. The fourth-order valence-electron chi connectivity index (χ4n) is 2.98. The molecule has 22 heavy (non-hydrogen) atoms. The van der Waals surface area contributed by atoms with E-state index in [-0.39, 0.29) is 24.5 Å². The van der Waals surface area contributed by atoms with Gasteiger partial charge in [0.2, 0.25) is 5.91 Å². The highest BCUT2D eigenvalue weighted by Gasteiger charge is 2.42.